The number of hydrogen-bond acceptors (Lipinski definition) is 6. The van der Waals surface area contributed by atoms with Crippen LogP contribution < -0.4 is 5.32 Å². The summed E-state index contributed by atoms with van der Waals surface area (Å²) in [7, 11) is 0. The number of anilines is 1. The largest absolute Gasteiger partial charge is 0.481 e. The normalized spacial score (nSPS) is 24.4. The molecule has 0 radical (unpaired) electrons. The molecule has 1 amide bonds. The highest BCUT2D eigenvalue weighted by Gasteiger charge is 2.51. The number of aromatic nitrogens is 1. The first kappa shape index (κ1) is 19.3. The van der Waals surface area contributed by atoms with Crippen LogP contribution in [0.1, 0.15) is 23.0 Å². The second-order valence-corrected chi connectivity index (χ2v) is 8.11. The number of hydrogen-bond donors (Lipinski definition) is 2. The Labute approximate surface area is 171 Å². The molecular weight excluding hydrogens is 392 g/mol. The Hall–Kier alpha value is -3.00. The first-order valence-corrected chi connectivity index (χ1v) is 10.3. The van der Waals surface area contributed by atoms with Gasteiger partial charge in [-0.2, -0.15) is 0 Å². The van der Waals surface area contributed by atoms with Crippen molar-refractivity contribution in [2.24, 2.45) is 23.7 Å². The van der Waals surface area contributed by atoms with Gasteiger partial charge in [-0.15, -0.1) is 0 Å². The number of rotatable bonds is 6. The van der Waals surface area contributed by atoms with Gasteiger partial charge in [0, 0.05) is 5.56 Å². The highest BCUT2D eigenvalue weighted by atomic mass is 32.1. The molecule has 4 atom stereocenters. The van der Waals surface area contributed by atoms with Crippen LogP contribution in [-0.4, -0.2) is 34.5 Å². The molecule has 1 aromatic carbocycles. The molecule has 0 spiro atoms. The first-order chi connectivity index (χ1) is 14.0. The van der Waals surface area contributed by atoms with Crippen LogP contribution in [0.4, 0.5) is 5.13 Å². The van der Waals surface area contributed by atoms with Gasteiger partial charge in [0.2, 0.25) is 5.91 Å². The van der Waals surface area contributed by atoms with Gasteiger partial charge >= 0.3 is 11.9 Å². The van der Waals surface area contributed by atoms with Gasteiger partial charge in [0.05, 0.1) is 24.1 Å². The van der Waals surface area contributed by atoms with Gasteiger partial charge in [-0.3, -0.25) is 9.59 Å². The molecule has 1 fully saturated rings. The van der Waals surface area contributed by atoms with Gasteiger partial charge in [-0.05, 0) is 25.2 Å². The van der Waals surface area contributed by atoms with Crippen molar-refractivity contribution < 1.29 is 24.2 Å². The zero-order valence-electron chi connectivity index (χ0n) is 15.7. The smallest absolute Gasteiger partial charge is 0.350 e. The minimum absolute atomic E-state index is 0.0841. The number of ether oxygens (including phenoxy) is 1. The highest BCUT2D eigenvalue weighted by molar-refractivity contribution is 7.18. The fraction of sp³-hybridized carbons (Fsp3) is 0.333. The Morgan fingerprint density at radius 1 is 1.17 bits per heavy atom. The predicted molar refractivity (Wildman–Crippen MR) is 107 cm³/mol. The highest BCUT2D eigenvalue weighted by Crippen LogP contribution is 2.48. The van der Waals surface area contributed by atoms with E-state index in [-0.39, 0.29) is 29.5 Å². The van der Waals surface area contributed by atoms with E-state index < -0.39 is 23.8 Å². The Bertz CT molecular complexity index is 984. The maximum Gasteiger partial charge on any atom is 0.350 e. The van der Waals surface area contributed by atoms with E-state index in [9.17, 15) is 19.5 Å². The fourth-order valence-corrected chi connectivity index (χ4v) is 5.09. The Kier molecular flexibility index (Phi) is 5.19. The van der Waals surface area contributed by atoms with Crippen molar-refractivity contribution in [1.29, 1.82) is 0 Å². The van der Waals surface area contributed by atoms with Gasteiger partial charge in [0.1, 0.15) is 4.88 Å². The molecule has 7 nitrogen and oxygen atoms in total. The Morgan fingerprint density at radius 3 is 2.52 bits per heavy atom. The third-order valence-electron chi connectivity index (χ3n) is 5.41. The number of amides is 1. The van der Waals surface area contributed by atoms with Crippen molar-refractivity contribution in [3.8, 4) is 11.3 Å². The number of fused-ring (bicyclic) bond motifs is 2. The lowest BCUT2D eigenvalue weighted by atomic mass is 9.82. The van der Waals surface area contributed by atoms with Crippen molar-refractivity contribution in [3.63, 3.8) is 0 Å². The van der Waals surface area contributed by atoms with E-state index in [0.29, 0.717) is 17.0 Å². The van der Waals surface area contributed by atoms with E-state index in [1.165, 1.54) is 0 Å². The van der Waals surface area contributed by atoms with Crippen LogP contribution >= 0.6 is 11.3 Å². The van der Waals surface area contributed by atoms with Crippen LogP contribution in [0.3, 0.4) is 0 Å². The molecule has 1 saturated carbocycles. The molecule has 2 aliphatic carbocycles. The summed E-state index contributed by atoms with van der Waals surface area (Å²) in [5.74, 6) is -3.41. The molecule has 2 bridgehead atoms. The van der Waals surface area contributed by atoms with Gasteiger partial charge in [0.15, 0.2) is 5.13 Å². The fourth-order valence-electron chi connectivity index (χ4n) is 4.21. The molecule has 1 heterocycles. The molecule has 29 heavy (non-hydrogen) atoms. The average Bonchev–Trinajstić information content (AvgIpc) is 3.43. The number of carboxylic acids is 1. The molecule has 150 valence electrons. The number of aliphatic carboxylic acids is 1. The zero-order valence-corrected chi connectivity index (χ0v) is 16.5. The summed E-state index contributed by atoms with van der Waals surface area (Å²) in [6.45, 7) is 1.95. The molecule has 4 rings (SSSR count). The molecular formula is C21H20N2O5S. The summed E-state index contributed by atoms with van der Waals surface area (Å²) in [6, 6.07) is 9.17. The van der Waals surface area contributed by atoms with Crippen molar-refractivity contribution >= 4 is 34.3 Å². The topological polar surface area (TPSA) is 106 Å². The van der Waals surface area contributed by atoms with Crippen LogP contribution in [0, 0.1) is 23.7 Å². The first-order valence-electron chi connectivity index (χ1n) is 9.45. The van der Waals surface area contributed by atoms with Gasteiger partial charge in [0.25, 0.3) is 0 Å². The standard InChI is InChI=1S/C21H20N2O5S/c1-2-28-20(27)17-16(11-6-4-3-5-7-11)22-21(29-17)23-18(24)14-12-8-9-13(10-12)15(14)19(25)26/h3-9,12-15H,2,10H2,1H3,(H,25,26)(H,22,23,24)/t12-,13-,14-,15-/m0/s1. The van der Waals surface area contributed by atoms with Crippen LogP contribution in [0.25, 0.3) is 11.3 Å². The van der Waals surface area contributed by atoms with Crippen molar-refractivity contribution in [2.45, 2.75) is 13.3 Å². The number of benzene rings is 1. The third kappa shape index (κ3) is 3.55. The molecule has 2 aliphatic rings. The predicted octanol–water partition coefficient (Wildman–Crippen LogP) is 3.45. The SMILES string of the molecule is CCOC(=O)c1sc(NC(=O)[C@@H]2[C@@H](C(=O)O)[C@H]3C=C[C@H]2C3)nc1-c1ccccc1. The summed E-state index contributed by atoms with van der Waals surface area (Å²) in [4.78, 5) is 41.7. The molecule has 2 N–H and O–H groups in total. The number of carboxylic acid groups (broad SMARTS) is 1. The second-order valence-electron chi connectivity index (χ2n) is 7.11. The van der Waals surface area contributed by atoms with E-state index in [0.717, 1.165) is 16.9 Å². The molecule has 8 heteroatoms. The molecule has 0 saturated heterocycles. The number of carbonyl (C=O) groups is 3. The van der Waals surface area contributed by atoms with E-state index in [4.69, 9.17) is 4.74 Å². The summed E-state index contributed by atoms with van der Waals surface area (Å²) in [6.07, 6.45) is 4.49. The van der Waals surface area contributed by atoms with E-state index in [1.807, 2.05) is 42.5 Å². The average molecular weight is 412 g/mol. The lowest BCUT2D eigenvalue weighted by Gasteiger charge is -2.23. The number of nitrogens with one attached hydrogen (secondary N) is 1. The summed E-state index contributed by atoms with van der Waals surface area (Å²) < 4.78 is 5.13. The number of nitrogens with zero attached hydrogens (tertiary/aromatic N) is 1. The van der Waals surface area contributed by atoms with Gasteiger partial charge < -0.3 is 15.2 Å². The summed E-state index contributed by atoms with van der Waals surface area (Å²) in [5, 5.41) is 12.6. The summed E-state index contributed by atoms with van der Waals surface area (Å²) in [5.41, 5.74) is 1.17. The van der Waals surface area contributed by atoms with E-state index in [2.05, 4.69) is 10.3 Å². The Morgan fingerprint density at radius 2 is 1.86 bits per heavy atom. The van der Waals surface area contributed by atoms with Crippen LogP contribution in [-0.2, 0) is 14.3 Å². The van der Waals surface area contributed by atoms with E-state index >= 15 is 0 Å². The molecule has 1 aromatic heterocycles. The number of carbonyl (C=O) groups excluding carboxylic acids is 2. The summed E-state index contributed by atoms with van der Waals surface area (Å²) >= 11 is 1.04. The maximum atomic E-state index is 12.9. The molecule has 2 aromatic rings. The van der Waals surface area contributed by atoms with Crippen LogP contribution in [0.15, 0.2) is 42.5 Å². The lowest BCUT2D eigenvalue weighted by Crippen LogP contribution is -2.36. The number of thiazole rings is 1. The van der Waals surface area contributed by atoms with Crippen molar-refractivity contribution in [2.75, 3.05) is 11.9 Å². The lowest BCUT2D eigenvalue weighted by molar-refractivity contribution is -0.146. The van der Waals surface area contributed by atoms with E-state index in [1.54, 1.807) is 6.92 Å². The van der Waals surface area contributed by atoms with Gasteiger partial charge in [-0.1, -0.05) is 53.8 Å². The zero-order chi connectivity index (χ0) is 20.5. The number of allylic oxidation sites excluding steroid dienone is 2. The minimum atomic E-state index is -0.960. The number of esters is 1. The second kappa shape index (κ2) is 7.79. The maximum absolute atomic E-state index is 12.9. The quantitative estimate of drug-likeness (QED) is 0.556. The minimum Gasteiger partial charge on any atom is -0.481 e. The monoisotopic (exact) mass is 412 g/mol. The van der Waals surface area contributed by atoms with Crippen LogP contribution in [0.2, 0.25) is 0 Å². The molecule has 0 unspecified atom stereocenters. The van der Waals surface area contributed by atoms with Crippen molar-refractivity contribution in [1.82, 2.24) is 4.98 Å². The third-order valence-corrected chi connectivity index (χ3v) is 6.36. The Balaban J connectivity index is 1.62. The van der Waals surface area contributed by atoms with Gasteiger partial charge in [-0.25, -0.2) is 9.78 Å². The molecule has 0 aliphatic heterocycles. The van der Waals surface area contributed by atoms with Crippen LogP contribution in [0.5, 0.6) is 0 Å². The van der Waals surface area contributed by atoms with Crippen molar-refractivity contribution in [3.05, 3.63) is 47.4 Å².